The van der Waals surface area contributed by atoms with E-state index in [9.17, 15) is 0 Å². The molecule has 0 saturated carbocycles. The fourth-order valence-electron chi connectivity index (χ4n) is 1.13. The van der Waals surface area contributed by atoms with Crippen LogP contribution in [0.25, 0.3) is 0 Å². The van der Waals surface area contributed by atoms with E-state index in [-0.39, 0.29) is 24.8 Å². The van der Waals surface area contributed by atoms with Crippen LogP contribution in [-0.2, 0) is 6.54 Å². The predicted octanol–water partition coefficient (Wildman–Crippen LogP) is 1.74. The molecule has 0 spiro atoms. The molecule has 0 aliphatic heterocycles. The van der Waals surface area contributed by atoms with Crippen molar-refractivity contribution in [3.8, 4) is 0 Å². The van der Waals surface area contributed by atoms with Gasteiger partial charge in [-0.3, -0.25) is 4.99 Å². The standard InChI is InChI=1S/C10H16N4.2ClH/c1-2-13-10(12)14-9-5-3-4-8(6-9)7-11;;/h3-6H,2,7,11H2,1H3,(H3,12,13,14);2*1H. The Hall–Kier alpha value is -0.970. The van der Waals surface area contributed by atoms with Gasteiger partial charge in [-0.2, -0.15) is 0 Å². The summed E-state index contributed by atoms with van der Waals surface area (Å²) in [6.07, 6.45) is 0. The van der Waals surface area contributed by atoms with Crippen LogP contribution in [0, 0.1) is 0 Å². The van der Waals surface area contributed by atoms with Crippen molar-refractivity contribution in [2.24, 2.45) is 16.5 Å². The molecule has 0 unspecified atom stereocenters. The Morgan fingerprint density at radius 2 is 2.06 bits per heavy atom. The second-order valence-corrected chi connectivity index (χ2v) is 2.89. The Balaban J connectivity index is 0. The van der Waals surface area contributed by atoms with Crippen LogP contribution in [0.3, 0.4) is 0 Å². The van der Waals surface area contributed by atoms with Gasteiger partial charge in [0, 0.05) is 18.8 Å². The molecule has 0 aliphatic carbocycles. The highest BCUT2D eigenvalue weighted by Crippen LogP contribution is 2.09. The Labute approximate surface area is 108 Å². The minimum atomic E-state index is 0. The van der Waals surface area contributed by atoms with Gasteiger partial charge in [0.25, 0.3) is 0 Å². The fourth-order valence-corrected chi connectivity index (χ4v) is 1.13. The van der Waals surface area contributed by atoms with E-state index in [0.717, 1.165) is 11.3 Å². The first-order chi connectivity index (χ1) is 6.76. The summed E-state index contributed by atoms with van der Waals surface area (Å²) in [6, 6.07) is 7.79. The molecule has 1 aromatic carbocycles. The zero-order valence-electron chi connectivity index (χ0n) is 9.14. The van der Waals surface area contributed by atoms with Gasteiger partial charge in [0.05, 0.1) is 0 Å². The molecule has 0 aromatic heterocycles. The lowest BCUT2D eigenvalue weighted by Crippen LogP contribution is -2.22. The summed E-state index contributed by atoms with van der Waals surface area (Å²) in [5.41, 5.74) is 13.1. The van der Waals surface area contributed by atoms with E-state index in [0.29, 0.717) is 19.0 Å². The van der Waals surface area contributed by atoms with Gasteiger partial charge in [-0.05, 0) is 24.6 Å². The van der Waals surface area contributed by atoms with E-state index in [1.807, 2.05) is 31.2 Å². The SMILES string of the molecule is CCN=C(N)Nc1cccc(CN)c1.Cl.Cl. The largest absolute Gasteiger partial charge is 0.370 e. The van der Waals surface area contributed by atoms with Gasteiger partial charge < -0.3 is 16.8 Å². The number of benzene rings is 1. The summed E-state index contributed by atoms with van der Waals surface area (Å²) < 4.78 is 0. The number of nitrogens with two attached hydrogens (primary N) is 2. The van der Waals surface area contributed by atoms with Crippen LogP contribution in [0.5, 0.6) is 0 Å². The van der Waals surface area contributed by atoms with Crippen molar-refractivity contribution in [1.82, 2.24) is 0 Å². The average Bonchev–Trinajstić information content (AvgIpc) is 2.18. The molecule has 0 atom stereocenters. The molecular formula is C10H18Cl2N4. The van der Waals surface area contributed by atoms with Crippen molar-refractivity contribution >= 4 is 36.5 Å². The lowest BCUT2D eigenvalue weighted by atomic mass is 10.2. The molecule has 4 nitrogen and oxygen atoms in total. The van der Waals surface area contributed by atoms with Gasteiger partial charge >= 0.3 is 0 Å². The third kappa shape index (κ3) is 5.80. The summed E-state index contributed by atoms with van der Waals surface area (Å²) in [6.45, 7) is 3.14. The summed E-state index contributed by atoms with van der Waals surface area (Å²) in [4.78, 5) is 4.03. The van der Waals surface area contributed by atoms with Crippen molar-refractivity contribution in [1.29, 1.82) is 0 Å². The Kier molecular flexibility index (Phi) is 10.1. The Morgan fingerprint density at radius 3 is 2.62 bits per heavy atom. The van der Waals surface area contributed by atoms with Crippen LogP contribution in [-0.4, -0.2) is 12.5 Å². The number of nitrogens with zero attached hydrogens (tertiary/aromatic N) is 1. The highest BCUT2D eigenvalue weighted by atomic mass is 35.5. The second kappa shape index (κ2) is 9.27. The Bertz CT molecular complexity index is 328. The lowest BCUT2D eigenvalue weighted by Gasteiger charge is -2.06. The summed E-state index contributed by atoms with van der Waals surface area (Å²) in [7, 11) is 0. The molecule has 0 bridgehead atoms. The van der Waals surface area contributed by atoms with Gasteiger partial charge in [0.2, 0.25) is 0 Å². The smallest absolute Gasteiger partial charge is 0.193 e. The van der Waals surface area contributed by atoms with E-state index in [1.54, 1.807) is 0 Å². The van der Waals surface area contributed by atoms with Crippen LogP contribution in [0.4, 0.5) is 5.69 Å². The second-order valence-electron chi connectivity index (χ2n) is 2.89. The summed E-state index contributed by atoms with van der Waals surface area (Å²) in [5, 5.41) is 2.99. The van der Waals surface area contributed by atoms with E-state index >= 15 is 0 Å². The van der Waals surface area contributed by atoms with Crippen molar-refractivity contribution in [3.05, 3.63) is 29.8 Å². The van der Waals surface area contributed by atoms with Crippen molar-refractivity contribution in [2.75, 3.05) is 11.9 Å². The number of hydrogen-bond donors (Lipinski definition) is 3. The van der Waals surface area contributed by atoms with Crippen molar-refractivity contribution in [2.45, 2.75) is 13.5 Å². The van der Waals surface area contributed by atoms with Crippen LogP contribution in [0.2, 0.25) is 0 Å². The maximum absolute atomic E-state index is 5.62. The van der Waals surface area contributed by atoms with Crippen LogP contribution in [0.15, 0.2) is 29.3 Å². The molecule has 0 radical (unpaired) electrons. The monoisotopic (exact) mass is 264 g/mol. The topological polar surface area (TPSA) is 76.4 Å². The molecule has 1 rings (SSSR count). The van der Waals surface area contributed by atoms with E-state index in [2.05, 4.69) is 10.3 Å². The molecule has 0 amide bonds. The van der Waals surface area contributed by atoms with Crippen LogP contribution < -0.4 is 16.8 Å². The molecule has 0 fully saturated rings. The van der Waals surface area contributed by atoms with Gasteiger partial charge in [0.15, 0.2) is 5.96 Å². The number of rotatable bonds is 3. The molecule has 0 saturated heterocycles. The third-order valence-electron chi connectivity index (χ3n) is 1.76. The minimum Gasteiger partial charge on any atom is -0.370 e. The van der Waals surface area contributed by atoms with Gasteiger partial charge in [-0.1, -0.05) is 12.1 Å². The first-order valence-electron chi connectivity index (χ1n) is 4.62. The number of halogens is 2. The molecule has 1 aromatic rings. The third-order valence-corrected chi connectivity index (χ3v) is 1.76. The molecule has 0 aliphatic rings. The first kappa shape index (κ1) is 17.4. The van der Waals surface area contributed by atoms with E-state index in [4.69, 9.17) is 11.5 Å². The van der Waals surface area contributed by atoms with Crippen molar-refractivity contribution < 1.29 is 0 Å². The summed E-state index contributed by atoms with van der Waals surface area (Å²) in [5.74, 6) is 0.432. The molecule has 5 N–H and O–H groups in total. The zero-order valence-corrected chi connectivity index (χ0v) is 10.8. The van der Waals surface area contributed by atoms with Crippen LogP contribution >= 0.6 is 24.8 Å². The predicted molar refractivity (Wildman–Crippen MR) is 74.6 cm³/mol. The van der Waals surface area contributed by atoms with Crippen molar-refractivity contribution in [3.63, 3.8) is 0 Å². The quantitative estimate of drug-likeness (QED) is 0.575. The molecule has 0 heterocycles. The van der Waals surface area contributed by atoms with E-state index in [1.165, 1.54) is 0 Å². The molecule has 6 heteroatoms. The number of guanidine groups is 1. The zero-order chi connectivity index (χ0) is 10.4. The first-order valence-corrected chi connectivity index (χ1v) is 4.62. The van der Waals surface area contributed by atoms with Crippen LogP contribution in [0.1, 0.15) is 12.5 Å². The molecule has 16 heavy (non-hydrogen) atoms. The maximum Gasteiger partial charge on any atom is 0.193 e. The fraction of sp³-hybridized carbons (Fsp3) is 0.300. The lowest BCUT2D eigenvalue weighted by molar-refractivity contribution is 1.07. The maximum atomic E-state index is 5.62. The molecular weight excluding hydrogens is 247 g/mol. The van der Waals surface area contributed by atoms with E-state index < -0.39 is 0 Å². The van der Waals surface area contributed by atoms with Gasteiger partial charge in [0.1, 0.15) is 0 Å². The molecule has 92 valence electrons. The normalized spacial score (nSPS) is 10.0. The number of hydrogen-bond acceptors (Lipinski definition) is 2. The van der Waals surface area contributed by atoms with Gasteiger partial charge in [-0.25, -0.2) is 0 Å². The number of anilines is 1. The average molecular weight is 265 g/mol. The Morgan fingerprint density at radius 1 is 1.38 bits per heavy atom. The number of nitrogens with one attached hydrogen (secondary N) is 1. The minimum absolute atomic E-state index is 0. The number of aliphatic imine (C=N–C) groups is 1. The highest BCUT2D eigenvalue weighted by molar-refractivity contribution is 5.92. The van der Waals surface area contributed by atoms with Gasteiger partial charge in [-0.15, -0.1) is 24.8 Å². The summed E-state index contributed by atoms with van der Waals surface area (Å²) >= 11 is 0. The highest BCUT2D eigenvalue weighted by Gasteiger charge is 1.95.